The molecule has 0 aliphatic heterocycles. The highest BCUT2D eigenvalue weighted by atomic mass is 19.1. The first-order valence-corrected chi connectivity index (χ1v) is 8.00. The van der Waals surface area contributed by atoms with Crippen molar-refractivity contribution in [3.8, 4) is 5.75 Å². The summed E-state index contributed by atoms with van der Waals surface area (Å²) in [6.45, 7) is 2.02. The van der Waals surface area contributed by atoms with Crippen LogP contribution >= 0.6 is 0 Å². The van der Waals surface area contributed by atoms with Gasteiger partial charge in [0, 0.05) is 11.6 Å². The lowest BCUT2D eigenvalue weighted by Crippen LogP contribution is -2.40. The molecule has 25 heavy (non-hydrogen) atoms. The van der Waals surface area contributed by atoms with Gasteiger partial charge in [0.05, 0.1) is 0 Å². The molecule has 132 valence electrons. The highest BCUT2D eigenvalue weighted by Crippen LogP contribution is 2.15. The van der Waals surface area contributed by atoms with Crippen LogP contribution in [0.2, 0.25) is 0 Å². The molecule has 0 aliphatic carbocycles. The molecule has 0 spiro atoms. The molecule has 0 aliphatic rings. The van der Waals surface area contributed by atoms with Crippen LogP contribution in [-0.2, 0) is 11.4 Å². The number of carboxylic acid groups (broad SMARTS) is 1. The molecule has 0 fully saturated rings. The van der Waals surface area contributed by atoms with E-state index in [0.717, 1.165) is 5.56 Å². The fraction of sp³-hybridized carbons (Fsp3) is 0.263. The van der Waals surface area contributed by atoms with Crippen LogP contribution in [0, 0.1) is 5.82 Å². The van der Waals surface area contributed by atoms with Gasteiger partial charge in [-0.3, -0.25) is 4.79 Å². The van der Waals surface area contributed by atoms with Gasteiger partial charge in [-0.05, 0) is 36.2 Å². The van der Waals surface area contributed by atoms with Gasteiger partial charge in [0.25, 0.3) is 5.91 Å². The first kappa shape index (κ1) is 18.4. The van der Waals surface area contributed by atoms with Gasteiger partial charge in [-0.1, -0.05) is 31.5 Å². The van der Waals surface area contributed by atoms with Crippen LogP contribution in [0.4, 0.5) is 4.39 Å². The van der Waals surface area contributed by atoms with Crippen LogP contribution in [-0.4, -0.2) is 23.0 Å². The number of benzene rings is 2. The van der Waals surface area contributed by atoms with Gasteiger partial charge in [-0.2, -0.15) is 0 Å². The van der Waals surface area contributed by atoms with Gasteiger partial charge in [0.2, 0.25) is 0 Å². The van der Waals surface area contributed by atoms with E-state index < -0.39 is 17.9 Å². The maximum Gasteiger partial charge on any atom is 0.326 e. The van der Waals surface area contributed by atoms with Gasteiger partial charge in [0.15, 0.2) is 0 Å². The number of aliphatic carboxylic acids is 1. The Labute approximate surface area is 145 Å². The Morgan fingerprint density at radius 3 is 2.64 bits per heavy atom. The van der Waals surface area contributed by atoms with Gasteiger partial charge < -0.3 is 15.2 Å². The summed E-state index contributed by atoms with van der Waals surface area (Å²) in [4.78, 5) is 23.4. The second-order valence-corrected chi connectivity index (χ2v) is 5.60. The average Bonchev–Trinajstić information content (AvgIpc) is 2.60. The van der Waals surface area contributed by atoms with Crippen molar-refractivity contribution in [3.63, 3.8) is 0 Å². The largest absolute Gasteiger partial charge is 0.489 e. The number of nitrogens with one attached hydrogen (secondary N) is 1. The van der Waals surface area contributed by atoms with E-state index in [1.165, 1.54) is 12.1 Å². The quantitative estimate of drug-likeness (QED) is 0.769. The first-order valence-electron chi connectivity index (χ1n) is 8.00. The Kier molecular flexibility index (Phi) is 6.51. The zero-order valence-corrected chi connectivity index (χ0v) is 13.9. The van der Waals surface area contributed by atoms with E-state index in [1.54, 1.807) is 36.4 Å². The molecule has 5 nitrogen and oxygen atoms in total. The second-order valence-electron chi connectivity index (χ2n) is 5.60. The zero-order chi connectivity index (χ0) is 18.2. The Hall–Kier alpha value is -2.89. The summed E-state index contributed by atoms with van der Waals surface area (Å²) in [7, 11) is 0. The minimum atomic E-state index is -1.05. The predicted octanol–water partition coefficient (Wildman–Crippen LogP) is 3.39. The van der Waals surface area contributed by atoms with E-state index in [-0.39, 0.29) is 12.4 Å². The third-order valence-corrected chi connectivity index (χ3v) is 3.57. The van der Waals surface area contributed by atoms with E-state index in [0.29, 0.717) is 24.2 Å². The number of carboxylic acids is 1. The normalized spacial score (nSPS) is 11.6. The molecule has 2 N–H and O–H groups in total. The fourth-order valence-corrected chi connectivity index (χ4v) is 2.31. The standard InChI is InChI=1S/C19H20FNO4/c1-2-5-17(19(23)24)21-18(22)14-7-3-6-13(10-14)12-25-16-9-4-8-15(20)11-16/h3-4,6-11,17H,2,5,12H2,1H3,(H,21,22)(H,23,24). The van der Waals surface area contributed by atoms with E-state index in [1.807, 2.05) is 6.92 Å². The van der Waals surface area contributed by atoms with Gasteiger partial charge in [0.1, 0.15) is 24.2 Å². The van der Waals surface area contributed by atoms with Crippen LogP contribution in [0.25, 0.3) is 0 Å². The van der Waals surface area contributed by atoms with Crippen molar-refractivity contribution < 1.29 is 23.8 Å². The Morgan fingerprint density at radius 1 is 1.20 bits per heavy atom. The summed E-state index contributed by atoms with van der Waals surface area (Å²) in [5.41, 5.74) is 1.07. The van der Waals surface area contributed by atoms with E-state index in [2.05, 4.69) is 5.32 Å². The van der Waals surface area contributed by atoms with Gasteiger partial charge >= 0.3 is 5.97 Å². The number of hydrogen-bond acceptors (Lipinski definition) is 3. The van der Waals surface area contributed by atoms with E-state index in [4.69, 9.17) is 9.84 Å². The molecule has 0 bridgehead atoms. The lowest BCUT2D eigenvalue weighted by molar-refractivity contribution is -0.139. The van der Waals surface area contributed by atoms with Crippen molar-refractivity contribution in [3.05, 3.63) is 65.5 Å². The number of hydrogen-bond donors (Lipinski definition) is 2. The Bertz CT molecular complexity index is 748. The third-order valence-electron chi connectivity index (χ3n) is 3.57. The molecule has 2 aromatic rings. The van der Waals surface area contributed by atoms with Crippen LogP contribution in [0.15, 0.2) is 48.5 Å². The van der Waals surface area contributed by atoms with E-state index >= 15 is 0 Å². The molecule has 1 unspecified atom stereocenters. The van der Waals surface area contributed by atoms with Crippen LogP contribution in [0.5, 0.6) is 5.75 Å². The lowest BCUT2D eigenvalue weighted by Gasteiger charge is -2.14. The average molecular weight is 345 g/mol. The van der Waals surface area contributed by atoms with Crippen LogP contribution in [0.3, 0.4) is 0 Å². The number of amides is 1. The van der Waals surface area contributed by atoms with E-state index in [9.17, 15) is 14.0 Å². The molecule has 6 heteroatoms. The molecule has 0 saturated heterocycles. The van der Waals surface area contributed by atoms with Crippen molar-refractivity contribution in [1.29, 1.82) is 0 Å². The first-order chi connectivity index (χ1) is 12.0. The highest BCUT2D eigenvalue weighted by Gasteiger charge is 2.19. The number of rotatable bonds is 8. The minimum Gasteiger partial charge on any atom is -0.489 e. The topological polar surface area (TPSA) is 75.6 Å². The number of carbonyl (C=O) groups excluding carboxylic acids is 1. The Balaban J connectivity index is 2.02. The minimum absolute atomic E-state index is 0.169. The molecule has 2 aromatic carbocycles. The lowest BCUT2D eigenvalue weighted by atomic mass is 10.1. The SMILES string of the molecule is CCCC(NC(=O)c1cccc(COc2cccc(F)c2)c1)C(=O)O. The second kappa shape index (κ2) is 8.82. The molecule has 0 aromatic heterocycles. The van der Waals surface area contributed by atoms with Crippen molar-refractivity contribution in [2.45, 2.75) is 32.4 Å². The molecule has 0 radical (unpaired) electrons. The van der Waals surface area contributed by atoms with Crippen LogP contribution in [0.1, 0.15) is 35.7 Å². The summed E-state index contributed by atoms with van der Waals surface area (Å²) in [5.74, 6) is -1.50. The maximum absolute atomic E-state index is 13.1. The molecule has 0 heterocycles. The molecule has 2 rings (SSSR count). The molecule has 0 saturated carbocycles. The monoisotopic (exact) mass is 345 g/mol. The molecular weight excluding hydrogens is 325 g/mol. The van der Waals surface area contributed by atoms with Crippen molar-refractivity contribution >= 4 is 11.9 Å². The fourth-order valence-electron chi connectivity index (χ4n) is 2.31. The summed E-state index contributed by atoms with van der Waals surface area (Å²) in [6, 6.07) is 11.6. The molecule has 1 amide bonds. The molecular formula is C19H20FNO4. The summed E-state index contributed by atoms with van der Waals surface area (Å²) >= 11 is 0. The summed E-state index contributed by atoms with van der Waals surface area (Å²) in [6.07, 6.45) is 1.02. The smallest absolute Gasteiger partial charge is 0.326 e. The number of carbonyl (C=O) groups is 2. The predicted molar refractivity (Wildman–Crippen MR) is 91.0 cm³/mol. The maximum atomic E-state index is 13.1. The third kappa shape index (κ3) is 5.60. The van der Waals surface area contributed by atoms with Crippen LogP contribution < -0.4 is 10.1 Å². The van der Waals surface area contributed by atoms with Crippen molar-refractivity contribution in [2.24, 2.45) is 0 Å². The summed E-state index contributed by atoms with van der Waals surface area (Å²) in [5, 5.41) is 11.6. The highest BCUT2D eigenvalue weighted by molar-refractivity contribution is 5.96. The van der Waals surface area contributed by atoms with Crippen molar-refractivity contribution in [2.75, 3.05) is 0 Å². The number of halogens is 1. The number of ether oxygens (including phenoxy) is 1. The Morgan fingerprint density at radius 2 is 1.96 bits per heavy atom. The van der Waals surface area contributed by atoms with Gasteiger partial charge in [-0.25, -0.2) is 9.18 Å². The molecule has 1 atom stereocenters. The summed E-state index contributed by atoms with van der Waals surface area (Å²) < 4.78 is 18.6. The van der Waals surface area contributed by atoms with Gasteiger partial charge in [-0.15, -0.1) is 0 Å². The zero-order valence-electron chi connectivity index (χ0n) is 13.9. The van der Waals surface area contributed by atoms with Crippen molar-refractivity contribution in [1.82, 2.24) is 5.32 Å².